The third-order valence-electron chi connectivity index (χ3n) is 3.43. The van der Waals surface area contributed by atoms with E-state index in [-0.39, 0.29) is 5.91 Å². The van der Waals surface area contributed by atoms with E-state index < -0.39 is 0 Å². The zero-order valence-electron chi connectivity index (χ0n) is 13.6. The number of carbonyl (C=O) groups excluding carboxylic acids is 1. The quantitative estimate of drug-likeness (QED) is 0.754. The molecule has 0 heterocycles. The van der Waals surface area contributed by atoms with Crippen LogP contribution in [-0.2, 0) is 17.8 Å². The largest absolute Gasteiger partial charge is 0.348 e. The fourth-order valence-electron chi connectivity index (χ4n) is 2.26. The van der Waals surface area contributed by atoms with Crippen LogP contribution in [-0.4, -0.2) is 5.91 Å². The molecule has 0 fully saturated rings. The van der Waals surface area contributed by atoms with E-state index in [1.54, 1.807) is 6.08 Å². The zero-order valence-corrected chi connectivity index (χ0v) is 14.3. The van der Waals surface area contributed by atoms with Crippen LogP contribution in [0.25, 0.3) is 6.08 Å². The molecule has 0 unspecified atom stereocenters. The molecular formula is C20H22ClNO. The maximum absolute atomic E-state index is 11.8. The van der Waals surface area contributed by atoms with Gasteiger partial charge in [-0.25, -0.2) is 0 Å². The fourth-order valence-corrected chi connectivity index (χ4v) is 2.38. The lowest BCUT2D eigenvalue weighted by Gasteiger charge is -2.05. The molecule has 0 atom stereocenters. The topological polar surface area (TPSA) is 29.1 Å². The van der Waals surface area contributed by atoms with Crippen LogP contribution in [0.5, 0.6) is 0 Å². The van der Waals surface area contributed by atoms with E-state index in [1.165, 1.54) is 5.56 Å². The van der Waals surface area contributed by atoms with Crippen LogP contribution >= 0.6 is 11.6 Å². The normalized spacial score (nSPS) is 11.1. The molecule has 2 aromatic rings. The van der Waals surface area contributed by atoms with Gasteiger partial charge in [-0.1, -0.05) is 61.8 Å². The van der Waals surface area contributed by atoms with E-state index in [0.717, 1.165) is 17.5 Å². The fraction of sp³-hybridized carbons (Fsp3) is 0.250. The van der Waals surface area contributed by atoms with Crippen LogP contribution in [0.15, 0.2) is 54.6 Å². The maximum atomic E-state index is 11.8. The molecule has 0 saturated heterocycles. The minimum Gasteiger partial charge on any atom is -0.348 e. The molecule has 2 aromatic carbocycles. The van der Waals surface area contributed by atoms with Gasteiger partial charge in [0.15, 0.2) is 0 Å². The first-order chi connectivity index (χ1) is 11.0. The van der Waals surface area contributed by atoms with Crippen molar-refractivity contribution in [3.8, 4) is 0 Å². The highest BCUT2D eigenvalue weighted by molar-refractivity contribution is 6.30. The molecule has 0 aliphatic carbocycles. The predicted octanol–water partition coefficient (Wildman–Crippen LogP) is 4.87. The van der Waals surface area contributed by atoms with Crippen LogP contribution in [0.1, 0.15) is 30.5 Å². The molecule has 0 aliphatic rings. The minimum atomic E-state index is -0.105. The molecule has 0 spiro atoms. The Hall–Kier alpha value is -2.06. The summed E-state index contributed by atoms with van der Waals surface area (Å²) in [4.78, 5) is 11.8. The first-order valence-corrected chi connectivity index (χ1v) is 8.20. The van der Waals surface area contributed by atoms with Gasteiger partial charge in [0.1, 0.15) is 0 Å². The molecule has 3 heteroatoms. The Kier molecular flexibility index (Phi) is 6.42. The Morgan fingerprint density at radius 3 is 2.26 bits per heavy atom. The molecule has 1 N–H and O–H groups in total. The number of halogens is 1. The van der Waals surface area contributed by atoms with Gasteiger partial charge in [-0.3, -0.25) is 4.79 Å². The molecule has 0 radical (unpaired) electrons. The third-order valence-corrected chi connectivity index (χ3v) is 3.68. The van der Waals surface area contributed by atoms with Crippen LogP contribution in [0, 0.1) is 5.92 Å². The van der Waals surface area contributed by atoms with Crippen molar-refractivity contribution >= 4 is 23.6 Å². The molecule has 120 valence electrons. The van der Waals surface area contributed by atoms with Crippen molar-refractivity contribution in [2.75, 3.05) is 0 Å². The van der Waals surface area contributed by atoms with Crippen LogP contribution in [0.4, 0.5) is 0 Å². The SMILES string of the molecule is CC(C)Cc1ccc(/C=C\C(=O)NCc2ccc(Cl)cc2)cc1. The Bertz CT molecular complexity index is 657. The summed E-state index contributed by atoms with van der Waals surface area (Å²) >= 11 is 5.83. The summed E-state index contributed by atoms with van der Waals surface area (Å²) in [6.07, 6.45) is 4.47. The molecular weight excluding hydrogens is 306 g/mol. The van der Waals surface area contributed by atoms with Crippen molar-refractivity contribution in [1.82, 2.24) is 5.32 Å². The van der Waals surface area contributed by atoms with Crippen molar-refractivity contribution in [3.05, 3.63) is 76.3 Å². The number of rotatable bonds is 6. The lowest BCUT2D eigenvalue weighted by Crippen LogP contribution is -2.20. The Morgan fingerprint density at radius 2 is 1.65 bits per heavy atom. The summed E-state index contributed by atoms with van der Waals surface area (Å²) in [5.74, 6) is 0.543. The Balaban J connectivity index is 1.84. The van der Waals surface area contributed by atoms with Crippen molar-refractivity contribution in [1.29, 1.82) is 0 Å². The molecule has 2 rings (SSSR count). The van der Waals surface area contributed by atoms with Gasteiger partial charge in [-0.15, -0.1) is 0 Å². The van der Waals surface area contributed by atoms with Crippen molar-refractivity contribution in [3.63, 3.8) is 0 Å². The van der Waals surface area contributed by atoms with Crippen LogP contribution < -0.4 is 5.32 Å². The molecule has 0 bridgehead atoms. The third kappa shape index (κ3) is 6.29. The first kappa shape index (κ1) is 17.3. The number of benzene rings is 2. The van der Waals surface area contributed by atoms with E-state index in [1.807, 2.05) is 42.5 Å². The summed E-state index contributed by atoms with van der Waals surface area (Å²) in [5, 5.41) is 3.55. The first-order valence-electron chi connectivity index (χ1n) is 7.82. The highest BCUT2D eigenvalue weighted by Gasteiger charge is 1.99. The monoisotopic (exact) mass is 327 g/mol. The smallest absolute Gasteiger partial charge is 0.244 e. The van der Waals surface area contributed by atoms with Gasteiger partial charge < -0.3 is 5.32 Å². The van der Waals surface area contributed by atoms with Crippen molar-refractivity contribution in [2.45, 2.75) is 26.8 Å². The predicted molar refractivity (Wildman–Crippen MR) is 97.3 cm³/mol. The van der Waals surface area contributed by atoms with Gasteiger partial charge in [0.05, 0.1) is 0 Å². The number of hydrogen-bond acceptors (Lipinski definition) is 1. The second-order valence-corrected chi connectivity index (χ2v) is 6.45. The minimum absolute atomic E-state index is 0.105. The van der Waals surface area contributed by atoms with Crippen molar-refractivity contribution < 1.29 is 4.79 Å². The van der Waals surface area contributed by atoms with Gasteiger partial charge in [0.25, 0.3) is 0 Å². The molecule has 0 saturated carbocycles. The summed E-state index contributed by atoms with van der Waals surface area (Å²) in [5.41, 5.74) is 3.37. The number of amides is 1. The molecule has 2 nitrogen and oxygen atoms in total. The Morgan fingerprint density at radius 1 is 1.04 bits per heavy atom. The molecule has 23 heavy (non-hydrogen) atoms. The van der Waals surface area contributed by atoms with Gasteiger partial charge >= 0.3 is 0 Å². The van der Waals surface area contributed by atoms with E-state index in [9.17, 15) is 4.79 Å². The van der Waals surface area contributed by atoms with Gasteiger partial charge in [0, 0.05) is 17.6 Å². The number of hydrogen-bond donors (Lipinski definition) is 1. The van der Waals surface area contributed by atoms with E-state index in [0.29, 0.717) is 17.5 Å². The van der Waals surface area contributed by atoms with Gasteiger partial charge in [0.2, 0.25) is 5.91 Å². The highest BCUT2D eigenvalue weighted by atomic mass is 35.5. The van der Waals surface area contributed by atoms with Crippen molar-refractivity contribution in [2.24, 2.45) is 5.92 Å². The number of carbonyl (C=O) groups is 1. The lowest BCUT2D eigenvalue weighted by molar-refractivity contribution is -0.116. The molecule has 1 amide bonds. The summed E-state index contributed by atoms with van der Waals surface area (Å²) in [6, 6.07) is 15.8. The van der Waals surface area contributed by atoms with E-state index in [4.69, 9.17) is 11.6 Å². The molecule has 0 aromatic heterocycles. The highest BCUT2D eigenvalue weighted by Crippen LogP contribution is 2.11. The van der Waals surface area contributed by atoms with Crippen LogP contribution in [0.3, 0.4) is 0 Å². The van der Waals surface area contributed by atoms with Gasteiger partial charge in [-0.05, 0) is 47.2 Å². The second-order valence-electron chi connectivity index (χ2n) is 6.02. The molecule has 0 aliphatic heterocycles. The van der Waals surface area contributed by atoms with Crippen LogP contribution in [0.2, 0.25) is 5.02 Å². The summed E-state index contributed by atoms with van der Waals surface area (Å²) < 4.78 is 0. The zero-order chi connectivity index (χ0) is 16.7. The lowest BCUT2D eigenvalue weighted by atomic mass is 10.0. The summed E-state index contributed by atoms with van der Waals surface area (Å²) in [7, 11) is 0. The average Bonchev–Trinajstić information content (AvgIpc) is 2.53. The number of nitrogens with one attached hydrogen (secondary N) is 1. The summed E-state index contributed by atoms with van der Waals surface area (Å²) in [6.45, 7) is 4.91. The standard InChI is InChI=1S/C20H22ClNO/c1-15(2)13-17-5-3-16(4-6-17)9-12-20(23)22-14-18-7-10-19(21)11-8-18/h3-12,15H,13-14H2,1-2H3,(H,22,23)/b12-9-. The maximum Gasteiger partial charge on any atom is 0.244 e. The van der Waals surface area contributed by atoms with E-state index in [2.05, 4.69) is 31.3 Å². The Labute approximate surface area is 143 Å². The van der Waals surface area contributed by atoms with Gasteiger partial charge in [-0.2, -0.15) is 0 Å². The average molecular weight is 328 g/mol. The second kappa shape index (κ2) is 8.54. The van der Waals surface area contributed by atoms with E-state index >= 15 is 0 Å².